The number of benzene rings is 1. The zero-order chi connectivity index (χ0) is 13.5. The lowest BCUT2D eigenvalue weighted by molar-refractivity contribution is -0.115. The number of carbonyl (C=O) groups is 1. The summed E-state index contributed by atoms with van der Waals surface area (Å²) in [5.74, 6) is 0.00847. The van der Waals surface area contributed by atoms with Gasteiger partial charge in [-0.25, -0.2) is 0 Å². The smallest absolute Gasteiger partial charge is 0.238 e. The van der Waals surface area contributed by atoms with Crippen molar-refractivity contribution >= 4 is 11.6 Å². The molecule has 0 aromatic heterocycles. The molecule has 1 saturated heterocycles. The summed E-state index contributed by atoms with van der Waals surface area (Å²) in [4.78, 5) is 14.0. The van der Waals surface area contributed by atoms with Gasteiger partial charge in [0.2, 0.25) is 5.91 Å². The maximum atomic E-state index is 11.6. The Balaban J connectivity index is 1.82. The summed E-state index contributed by atoms with van der Waals surface area (Å²) in [7, 11) is 0. The molecule has 2 rings (SSSR count). The van der Waals surface area contributed by atoms with Crippen LogP contribution in [0.25, 0.3) is 0 Å². The van der Waals surface area contributed by atoms with E-state index in [2.05, 4.69) is 27.7 Å². The molecule has 0 spiro atoms. The van der Waals surface area contributed by atoms with E-state index < -0.39 is 0 Å². The molecule has 0 aliphatic carbocycles. The zero-order valence-corrected chi connectivity index (χ0v) is 11.6. The fourth-order valence-corrected chi connectivity index (χ4v) is 2.34. The predicted molar refractivity (Wildman–Crippen MR) is 78.1 cm³/mol. The fourth-order valence-electron chi connectivity index (χ4n) is 2.34. The minimum absolute atomic E-state index is 0.00847. The van der Waals surface area contributed by atoms with Crippen LogP contribution in [0.1, 0.15) is 25.3 Å². The first-order valence-corrected chi connectivity index (χ1v) is 7.10. The highest BCUT2D eigenvalue weighted by Crippen LogP contribution is 2.15. The summed E-state index contributed by atoms with van der Waals surface area (Å²) in [6.07, 6.45) is 2.64. The molecule has 1 aromatic carbocycles. The van der Waals surface area contributed by atoms with Crippen molar-refractivity contribution in [3.63, 3.8) is 0 Å². The van der Waals surface area contributed by atoms with Gasteiger partial charge in [0, 0.05) is 12.2 Å². The molecule has 4 nitrogen and oxygen atoms in total. The average molecular weight is 261 g/mol. The van der Waals surface area contributed by atoms with Crippen molar-refractivity contribution in [2.75, 3.05) is 31.5 Å². The maximum absolute atomic E-state index is 11.6. The Hall–Kier alpha value is -1.39. The van der Waals surface area contributed by atoms with Crippen molar-refractivity contribution in [1.82, 2.24) is 10.2 Å². The van der Waals surface area contributed by atoms with E-state index in [9.17, 15) is 4.79 Å². The van der Waals surface area contributed by atoms with Gasteiger partial charge in [0.15, 0.2) is 0 Å². The number of hydrogen-bond donors (Lipinski definition) is 2. The van der Waals surface area contributed by atoms with E-state index in [1.807, 2.05) is 19.1 Å². The number of amides is 1. The molecular formula is C15H23N3O. The van der Waals surface area contributed by atoms with Gasteiger partial charge in [0.05, 0.1) is 6.54 Å². The number of nitrogens with zero attached hydrogens (tertiary/aromatic N) is 1. The third-order valence-electron chi connectivity index (χ3n) is 3.38. The molecule has 0 atom stereocenters. The second-order valence-corrected chi connectivity index (χ2v) is 5.01. The highest BCUT2D eigenvalue weighted by molar-refractivity contribution is 5.92. The first-order chi connectivity index (χ1) is 9.28. The van der Waals surface area contributed by atoms with Crippen LogP contribution in [0, 0.1) is 0 Å². The van der Waals surface area contributed by atoms with Crippen LogP contribution in [-0.2, 0) is 11.3 Å². The van der Waals surface area contributed by atoms with Crippen LogP contribution in [0.2, 0.25) is 0 Å². The lowest BCUT2D eigenvalue weighted by Gasteiger charge is -2.14. The lowest BCUT2D eigenvalue weighted by Crippen LogP contribution is -2.27. The molecule has 0 saturated carbocycles. The monoisotopic (exact) mass is 261 g/mol. The van der Waals surface area contributed by atoms with Gasteiger partial charge in [0.25, 0.3) is 0 Å². The molecule has 4 heteroatoms. The van der Waals surface area contributed by atoms with Gasteiger partial charge in [0.1, 0.15) is 0 Å². The van der Waals surface area contributed by atoms with Crippen LogP contribution in [0.5, 0.6) is 0 Å². The largest absolute Gasteiger partial charge is 0.325 e. The molecule has 1 heterocycles. The van der Waals surface area contributed by atoms with E-state index in [0.29, 0.717) is 6.54 Å². The van der Waals surface area contributed by atoms with Gasteiger partial charge < -0.3 is 10.6 Å². The molecule has 0 radical (unpaired) electrons. The molecule has 1 amide bonds. The highest BCUT2D eigenvalue weighted by atomic mass is 16.1. The SMILES string of the molecule is CCNCC(=O)Nc1ccc(CN2CCCC2)cc1. The second-order valence-electron chi connectivity index (χ2n) is 5.01. The standard InChI is InChI=1S/C15H23N3O/c1-2-16-11-15(19)17-14-7-5-13(6-8-14)12-18-9-3-4-10-18/h5-8,16H,2-4,9-12H2,1H3,(H,17,19). The summed E-state index contributed by atoms with van der Waals surface area (Å²) >= 11 is 0. The third kappa shape index (κ3) is 4.65. The minimum Gasteiger partial charge on any atom is -0.325 e. The molecule has 1 aliphatic heterocycles. The molecule has 104 valence electrons. The van der Waals surface area contributed by atoms with E-state index in [0.717, 1.165) is 18.8 Å². The van der Waals surface area contributed by atoms with Crippen molar-refractivity contribution in [2.24, 2.45) is 0 Å². The van der Waals surface area contributed by atoms with Gasteiger partial charge in [-0.3, -0.25) is 9.69 Å². The Kier molecular flexibility index (Phi) is 5.36. The molecule has 1 aromatic rings. The Morgan fingerprint density at radius 3 is 2.53 bits per heavy atom. The van der Waals surface area contributed by atoms with Crippen LogP contribution in [0.3, 0.4) is 0 Å². The van der Waals surface area contributed by atoms with Crippen molar-refractivity contribution < 1.29 is 4.79 Å². The van der Waals surface area contributed by atoms with Crippen LogP contribution < -0.4 is 10.6 Å². The Bertz CT molecular complexity index is 396. The fraction of sp³-hybridized carbons (Fsp3) is 0.533. The van der Waals surface area contributed by atoms with E-state index in [-0.39, 0.29) is 5.91 Å². The van der Waals surface area contributed by atoms with E-state index >= 15 is 0 Å². The summed E-state index contributed by atoms with van der Waals surface area (Å²) < 4.78 is 0. The minimum atomic E-state index is 0.00847. The second kappa shape index (κ2) is 7.26. The Morgan fingerprint density at radius 2 is 1.89 bits per heavy atom. The Morgan fingerprint density at radius 1 is 1.21 bits per heavy atom. The quantitative estimate of drug-likeness (QED) is 0.821. The molecule has 1 aliphatic rings. The van der Waals surface area contributed by atoms with E-state index in [4.69, 9.17) is 0 Å². The van der Waals surface area contributed by atoms with Crippen LogP contribution in [-0.4, -0.2) is 37.0 Å². The number of nitrogens with one attached hydrogen (secondary N) is 2. The van der Waals surface area contributed by atoms with Gasteiger partial charge in [-0.2, -0.15) is 0 Å². The first-order valence-electron chi connectivity index (χ1n) is 7.10. The molecule has 2 N–H and O–H groups in total. The van der Waals surface area contributed by atoms with Crippen molar-refractivity contribution in [2.45, 2.75) is 26.3 Å². The maximum Gasteiger partial charge on any atom is 0.238 e. The summed E-state index contributed by atoms with van der Waals surface area (Å²) in [5, 5.41) is 5.89. The molecule has 0 bridgehead atoms. The van der Waals surface area contributed by atoms with Gasteiger partial charge in [-0.1, -0.05) is 19.1 Å². The third-order valence-corrected chi connectivity index (χ3v) is 3.38. The number of hydrogen-bond acceptors (Lipinski definition) is 3. The zero-order valence-electron chi connectivity index (χ0n) is 11.6. The van der Waals surface area contributed by atoms with Crippen LogP contribution in [0.4, 0.5) is 5.69 Å². The lowest BCUT2D eigenvalue weighted by atomic mass is 10.2. The van der Waals surface area contributed by atoms with Crippen molar-refractivity contribution in [3.8, 4) is 0 Å². The number of anilines is 1. The van der Waals surface area contributed by atoms with Crippen LogP contribution >= 0.6 is 0 Å². The van der Waals surface area contributed by atoms with Gasteiger partial charge in [-0.15, -0.1) is 0 Å². The van der Waals surface area contributed by atoms with Gasteiger partial charge >= 0.3 is 0 Å². The van der Waals surface area contributed by atoms with Crippen molar-refractivity contribution in [3.05, 3.63) is 29.8 Å². The molecule has 1 fully saturated rings. The average Bonchev–Trinajstić information content (AvgIpc) is 2.91. The first kappa shape index (κ1) is 14.0. The summed E-state index contributed by atoms with van der Waals surface area (Å²) in [6, 6.07) is 8.16. The van der Waals surface area contributed by atoms with E-state index in [1.165, 1.54) is 31.5 Å². The molecular weight excluding hydrogens is 238 g/mol. The summed E-state index contributed by atoms with van der Waals surface area (Å²) in [5.41, 5.74) is 2.18. The molecule has 19 heavy (non-hydrogen) atoms. The summed E-state index contributed by atoms with van der Waals surface area (Å²) in [6.45, 7) is 6.60. The normalized spacial score (nSPS) is 15.6. The topological polar surface area (TPSA) is 44.4 Å². The van der Waals surface area contributed by atoms with Crippen molar-refractivity contribution in [1.29, 1.82) is 0 Å². The highest BCUT2D eigenvalue weighted by Gasteiger charge is 2.11. The number of rotatable bonds is 6. The number of likely N-dealkylation sites (tertiary alicyclic amines) is 1. The van der Waals surface area contributed by atoms with Crippen LogP contribution in [0.15, 0.2) is 24.3 Å². The number of carbonyl (C=O) groups excluding carboxylic acids is 1. The predicted octanol–water partition coefficient (Wildman–Crippen LogP) is 1.83. The molecule has 0 unspecified atom stereocenters. The Labute approximate surface area is 115 Å². The van der Waals surface area contributed by atoms with Gasteiger partial charge in [-0.05, 0) is 50.2 Å². The van der Waals surface area contributed by atoms with E-state index in [1.54, 1.807) is 0 Å². The number of likely N-dealkylation sites (N-methyl/N-ethyl adjacent to an activating group) is 1.